The number of nitrogens with zero attached hydrogens (tertiary/aromatic N) is 1. The fourth-order valence-corrected chi connectivity index (χ4v) is 3.82. The van der Waals surface area contributed by atoms with Gasteiger partial charge in [-0.2, -0.15) is 4.90 Å². The van der Waals surface area contributed by atoms with Crippen molar-refractivity contribution in [3.8, 4) is 0 Å². The van der Waals surface area contributed by atoms with Gasteiger partial charge in [0.1, 0.15) is 0 Å². The smallest absolute Gasteiger partial charge is 0.418 e. The minimum atomic E-state index is -5.91. The van der Waals surface area contributed by atoms with Gasteiger partial charge < -0.3 is 29.8 Å². The van der Waals surface area contributed by atoms with E-state index in [9.17, 15) is 18.7 Å². The second kappa shape index (κ2) is 4.81. The van der Waals surface area contributed by atoms with Crippen LogP contribution in [0, 0.1) is 0 Å². The summed E-state index contributed by atoms with van der Waals surface area (Å²) in [5.41, 5.74) is 0. The highest BCUT2D eigenvalue weighted by Crippen LogP contribution is 2.71. The molecule has 0 aromatic heterocycles. The Morgan fingerprint density at radius 3 is 1.33 bits per heavy atom. The summed E-state index contributed by atoms with van der Waals surface area (Å²) in [6.07, 6.45) is -5.06. The molecule has 0 spiro atoms. The van der Waals surface area contributed by atoms with Crippen molar-refractivity contribution in [1.29, 1.82) is 0 Å². The summed E-state index contributed by atoms with van der Waals surface area (Å²) in [6.45, 7) is 2.70. The van der Waals surface area contributed by atoms with Gasteiger partial charge in [0.25, 0.3) is 5.02 Å². The maximum absolute atomic E-state index is 11.1. The van der Waals surface area contributed by atoms with Crippen LogP contribution in [0.15, 0.2) is 12.7 Å². The van der Waals surface area contributed by atoms with Gasteiger partial charge >= 0.3 is 27.4 Å². The lowest BCUT2D eigenvalue weighted by Gasteiger charge is -2.36. The molecule has 0 saturated heterocycles. The predicted octanol–water partition coefficient (Wildman–Crippen LogP) is -0.160. The van der Waals surface area contributed by atoms with Crippen LogP contribution >= 0.6 is 15.2 Å². The van der Waals surface area contributed by atoms with Crippen molar-refractivity contribution in [1.82, 2.24) is 4.90 Å². The first-order chi connectivity index (χ1) is 7.83. The molecular weight excluding hydrogens is 296 g/mol. The van der Waals surface area contributed by atoms with E-state index in [-0.39, 0.29) is 6.08 Å². The Bertz CT molecular complexity index is 437. The van der Waals surface area contributed by atoms with Crippen molar-refractivity contribution in [3.63, 3.8) is 0 Å². The second-order valence-electron chi connectivity index (χ2n) is 2.88. The zero-order chi connectivity index (χ0) is 14.9. The molecule has 0 aliphatic rings. The molecule has 0 heterocycles. The Labute approximate surface area is 99.3 Å². The number of hydrogen-bond acceptors (Lipinski definition) is 4. The summed E-state index contributed by atoms with van der Waals surface area (Å²) in [7, 11) is -11.8. The highest BCUT2D eigenvalue weighted by molar-refractivity contribution is 7.72. The Morgan fingerprint density at radius 1 is 1.00 bits per heavy atom. The normalized spacial score (nSPS) is 12.9. The Balaban J connectivity index is 6.49. The Hall–Kier alpha value is -1.22. The molecule has 0 bridgehead atoms. The van der Waals surface area contributed by atoms with Crippen LogP contribution in [0.3, 0.4) is 0 Å². The molecule has 2 amide bonds. The molecule has 0 saturated carbocycles. The summed E-state index contributed by atoms with van der Waals surface area (Å²) < 4.78 is 22.3. The van der Waals surface area contributed by atoms with E-state index in [2.05, 4.69) is 6.58 Å². The van der Waals surface area contributed by atoms with E-state index in [0.717, 1.165) is 0 Å². The quantitative estimate of drug-likeness (QED) is 0.300. The first kappa shape index (κ1) is 16.8. The van der Waals surface area contributed by atoms with E-state index in [1.807, 2.05) is 0 Å². The third kappa shape index (κ3) is 2.46. The van der Waals surface area contributed by atoms with Crippen molar-refractivity contribution in [2.24, 2.45) is 0 Å². The molecule has 6 N–H and O–H groups in total. The van der Waals surface area contributed by atoms with Gasteiger partial charge in [-0.1, -0.05) is 6.58 Å². The first-order valence-electron chi connectivity index (χ1n) is 3.84. The molecule has 0 radical (unpaired) electrons. The number of rotatable bonds is 4. The molecule has 0 atom stereocenters. The summed E-state index contributed by atoms with van der Waals surface area (Å²) in [5, 5.41) is 13.2. The molecule has 0 unspecified atom stereocenters. The highest BCUT2D eigenvalue weighted by Gasteiger charge is 2.66. The molecule has 11 nitrogen and oxygen atoms in total. The lowest BCUT2D eigenvalue weighted by atomic mass is 10.5. The molecule has 0 fully saturated rings. The third-order valence-corrected chi connectivity index (χ3v) is 5.89. The van der Waals surface area contributed by atoms with Gasteiger partial charge in [0.15, 0.2) is 0 Å². The number of imide groups is 1. The summed E-state index contributed by atoms with van der Waals surface area (Å²) in [5.74, 6) is 0. The van der Waals surface area contributed by atoms with Gasteiger partial charge in [-0.25, -0.2) is 9.59 Å². The first-order valence-corrected chi connectivity index (χ1v) is 7.06. The van der Waals surface area contributed by atoms with Crippen LogP contribution in [0.2, 0.25) is 0 Å². The molecule has 0 rings (SSSR count). The third-order valence-electron chi connectivity index (χ3n) is 1.84. The highest BCUT2D eigenvalue weighted by atomic mass is 31.2. The fourth-order valence-electron chi connectivity index (χ4n) is 1.12. The van der Waals surface area contributed by atoms with E-state index in [1.165, 1.54) is 0 Å². The standard InChI is InChI=1S/C5H9NO10P2/c1-2-5(17(11,12)13,18(14,15)16)6(3(7)8)4(9)10/h2H,1H2,(H,7,8)(H,9,10)(H2,11,12,13)(H2,14,15,16). The molecule has 104 valence electrons. The number of amides is 2. The van der Waals surface area contributed by atoms with E-state index in [1.54, 1.807) is 0 Å². The van der Waals surface area contributed by atoms with Crippen molar-refractivity contribution in [2.75, 3.05) is 0 Å². The average molecular weight is 305 g/mol. The lowest BCUT2D eigenvalue weighted by Crippen LogP contribution is -2.52. The van der Waals surface area contributed by atoms with Crippen molar-refractivity contribution in [3.05, 3.63) is 12.7 Å². The van der Waals surface area contributed by atoms with Gasteiger partial charge in [-0.05, 0) is 6.08 Å². The predicted molar refractivity (Wildman–Crippen MR) is 54.9 cm³/mol. The minimum Gasteiger partial charge on any atom is -0.464 e. The van der Waals surface area contributed by atoms with Crippen molar-refractivity contribution < 1.29 is 48.5 Å². The van der Waals surface area contributed by atoms with E-state index in [0.29, 0.717) is 0 Å². The monoisotopic (exact) mass is 305 g/mol. The van der Waals surface area contributed by atoms with Gasteiger partial charge in [0.05, 0.1) is 0 Å². The zero-order valence-corrected chi connectivity index (χ0v) is 10.2. The average Bonchev–Trinajstić information content (AvgIpc) is 2.07. The van der Waals surface area contributed by atoms with Crippen LogP contribution in [0.25, 0.3) is 0 Å². The molecule has 13 heteroatoms. The molecule has 0 aromatic carbocycles. The topological polar surface area (TPSA) is 193 Å². The Kier molecular flexibility index (Phi) is 4.48. The SMILES string of the molecule is C=CC(N(C(=O)O)C(=O)O)(P(=O)(O)O)P(=O)(O)O. The summed E-state index contributed by atoms with van der Waals surface area (Å²) >= 11 is 0. The minimum absolute atomic E-state index is 0.100. The van der Waals surface area contributed by atoms with Crippen LogP contribution in [0.1, 0.15) is 0 Å². The number of hydrogen-bond donors (Lipinski definition) is 6. The maximum atomic E-state index is 11.1. The number of carbonyl (C=O) groups is 2. The molecule has 0 aromatic rings. The van der Waals surface area contributed by atoms with Crippen LogP contribution < -0.4 is 0 Å². The zero-order valence-electron chi connectivity index (χ0n) is 8.44. The summed E-state index contributed by atoms with van der Waals surface area (Å²) in [4.78, 5) is 55.9. The van der Waals surface area contributed by atoms with Crippen LogP contribution in [-0.2, 0) is 9.13 Å². The van der Waals surface area contributed by atoms with Crippen LogP contribution in [0.4, 0.5) is 9.59 Å². The van der Waals surface area contributed by atoms with Gasteiger partial charge in [0, 0.05) is 0 Å². The van der Waals surface area contributed by atoms with E-state index in [4.69, 9.17) is 29.8 Å². The largest absolute Gasteiger partial charge is 0.464 e. The van der Waals surface area contributed by atoms with Crippen molar-refractivity contribution >= 4 is 27.4 Å². The maximum Gasteiger partial charge on any atom is 0.418 e. The second-order valence-corrected chi connectivity index (χ2v) is 6.77. The van der Waals surface area contributed by atoms with Crippen LogP contribution in [-0.4, -0.2) is 51.9 Å². The van der Waals surface area contributed by atoms with Gasteiger partial charge in [0.2, 0.25) is 0 Å². The Morgan fingerprint density at radius 2 is 1.28 bits per heavy atom. The van der Waals surface area contributed by atoms with Crippen LogP contribution in [0.5, 0.6) is 0 Å². The fraction of sp³-hybridized carbons (Fsp3) is 0.200. The summed E-state index contributed by atoms with van der Waals surface area (Å²) in [6, 6.07) is 0. The van der Waals surface area contributed by atoms with E-state index < -0.39 is 37.3 Å². The molecular formula is C5H9NO10P2. The van der Waals surface area contributed by atoms with Gasteiger partial charge in [-0.15, -0.1) is 0 Å². The molecule has 0 aliphatic heterocycles. The van der Waals surface area contributed by atoms with Crippen molar-refractivity contribution in [2.45, 2.75) is 5.02 Å². The van der Waals surface area contributed by atoms with E-state index >= 15 is 0 Å². The van der Waals surface area contributed by atoms with Gasteiger partial charge in [-0.3, -0.25) is 9.13 Å². The lowest BCUT2D eigenvalue weighted by molar-refractivity contribution is 0.106. The molecule has 18 heavy (non-hydrogen) atoms. The number of carboxylic acid groups (broad SMARTS) is 2. The molecule has 0 aliphatic carbocycles.